The van der Waals surface area contributed by atoms with Gasteiger partial charge in [0.25, 0.3) is 0 Å². The van der Waals surface area contributed by atoms with E-state index in [9.17, 15) is 0 Å². The first-order chi connectivity index (χ1) is 6.79. The van der Waals surface area contributed by atoms with E-state index in [0.29, 0.717) is 0 Å². The Morgan fingerprint density at radius 2 is 1.93 bits per heavy atom. The van der Waals surface area contributed by atoms with Gasteiger partial charge in [0.1, 0.15) is 0 Å². The third kappa shape index (κ3) is 4.80. The Morgan fingerprint density at radius 1 is 1.21 bits per heavy atom. The summed E-state index contributed by atoms with van der Waals surface area (Å²) in [5.74, 6) is 0.754. The van der Waals surface area contributed by atoms with Gasteiger partial charge in [0.2, 0.25) is 0 Å². The van der Waals surface area contributed by atoms with Crippen LogP contribution in [0.1, 0.15) is 25.8 Å². The Labute approximate surface area is 86.9 Å². The molecule has 0 amide bonds. The molecule has 1 aromatic carbocycles. The van der Waals surface area contributed by atoms with Crippen molar-refractivity contribution in [2.75, 3.05) is 6.54 Å². The van der Waals surface area contributed by atoms with Crippen LogP contribution in [0.15, 0.2) is 35.3 Å². The molecule has 0 aromatic heterocycles. The van der Waals surface area contributed by atoms with Crippen LogP contribution in [0, 0.1) is 5.92 Å². The topological polar surface area (TPSA) is 12.4 Å². The molecule has 0 saturated heterocycles. The zero-order chi connectivity index (χ0) is 10.2. The van der Waals surface area contributed by atoms with E-state index in [1.54, 1.807) is 0 Å². The molecular formula is C13H19N. The summed E-state index contributed by atoms with van der Waals surface area (Å²) in [6, 6.07) is 10.4. The van der Waals surface area contributed by atoms with Crippen molar-refractivity contribution >= 4 is 6.21 Å². The van der Waals surface area contributed by atoms with E-state index in [1.807, 2.05) is 12.3 Å². The van der Waals surface area contributed by atoms with E-state index in [-0.39, 0.29) is 0 Å². The van der Waals surface area contributed by atoms with Crippen LogP contribution < -0.4 is 0 Å². The van der Waals surface area contributed by atoms with Gasteiger partial charge in [-0.2, -0.15) is 0 Å². The molecule has 0 spiro atoms. The fourth-order valence-electron chi connectivity index (χ4n) is 1.21. The average Bonchev–Trinajstić information content (AvgIpc) is 2.18. The van der Waals surface area contributed by atoms with Gasteiger partial charge >= 0.3 is 0 Å². The van der Waals surface area contributed by atoms with E-state index < -0.39 is 0 Å². The van der Waals surface area contributed by atoms with Crippen molar-refractivity contribution in [3.05, 3.63) is 35.9 Å². The average molecular weight is 189 g/mol. The number of aliphatic imine (C=N–C) groups is 1. The van der Waals surface area contributed by atoms with Gasteiger partial charge in [-0.3, -0.25) is 4.99 Å². The summed E-state index contributed by atoms with van der Waals surface area (Å²) in [4.78, 5) is 4.38. The van der Waals surface area contributed by atoms with Crippen molar-refractivity contribution in [3.8, 4) is 0 Å². The quantitative estimate of drug-likeness (QED) is 0.630. The number of hydrogen-bond donors (Lipinski definition) is 0. The minimum atomic E-state index is 0.754. The minimum absolute atomic E-state index is 0.754. The van der Waals surface area contributed by atoms with Crippen molar-refractivity contribution in [2.45, 2.75) is 26.7 Å². The second-order valence-electron chi connectivity index (χ2n) is 3.96. The molecular weight excluding hydrogens is 170 g/mol. The second-order valence-corrected chi connectivity index (χ2v) is 3.96. The zero-order valence-corrected chi connectivity index (χ0v) is 9.11. The number of benzene rings is 1. The Kier molecular flexibility index (Phi) is 4.98. The number of rotatable bonds is 5. The van der Waals surface area contributed by atoms with Crippen molar-refractivity contribution in [2.24, 2.45) is 10.9 Å². The Hall–Kier alpha value is -1.11. The molecule has 0 aliphatic carbocycles. The molecule has 0 unspecified atom stereocenters. The Morgan fingerprint density at radius 3 is 2.57 bits per heavy atom. The number of nitrogens with zero attached hydrogens (tertiary/aromatic N) is 1. The molecule has 1 rings (SSSR count). The predicted molar refractivity (Wildman–Crippen MR) is 63.0 cm³/mol. The molecule has 0 N–H and O–H groups in total. The van der Waals surface area contributed by atoms with E-state index >= 15 is 0 Å². The summed E-state index contributed by atoms with van der Waals surface area (Å²) >= 11 is 0. The predicted octanol–water partition coefficient (Wildman–Crippen LogP) is 3.35. The molecule has 0 bridgehead atoms. The van der Waals surface area contributed by atoms with Crippen LogP contribution in [-0.4, -0.2) is 12.8 Å². The van der Waals surface area contributed by atoms with Gasteiger partial charge in [-0.15, -0.1) is 0 Å². The van der Waals surface area contributed by atoms with E-state index in [1.165, 1.54) is 12.0 Å². The van der Waals surface area contributed by atoms with E-state index in [0.717, 1.165) is 18.9 Å². The lowest BCUT2D eigenvalue weighted by Crippen LogP contribution is -1.92. The van der Waals surface area contributed by atoms with Crippen LogP contribution >= 0.6 is 0 Å². The second kappa shape index (κ2) is 6.36. The first kappa shape index (κ1) is 11.0. The molecule has 0 heterocycles. The molecule has 1 heteroatoms. The highest BCUT2D eigenvalue weighted by molar-refractivity contribution is 5.61. The van der Waals surface area contributed by atoms with Crippen molar-refractivity contribution < 1.29 is 0 Å². The lowest BCUT2D eigenvalue weighted by Gasteiger charge is -1.99. The normalized spacial score (nSPS) is 11.4. The van der Waals surface area contributed by atoms with Crippen LogP contribution in [-0.2, 0) is 6.42 Å². The summed E-state index contributed by atoms with van der Waals surface area (Å²) < 4.78 is 0. The van der Waals surface area contributed by atoms with Gasteiger partial charge in [-0.1, -0.05) is 44.2 Å². The van der Waals surface area contributed by atoms with Crippen LogP contribution in [0.5, 0.6) is 0 Å². The van der Waals surface area contributed by atoms with Crippen molar-refractivity contribution in [1.82, 2.24) is 0 Å². The highest BCUT2D eigenvalue weighted by Gasteiger charge is 1.90. The highest BCUT2D eigenvalue weighted by atomic mass is 14.7. The summed E-state index contributed by atoms with van der Waals surface area (Å²) in [5, 5.41) is 0. The molecule has 1 nitrogen and oxygen atoms in total. The lowest BCUT2D eigenvalue weighted by atomic mass is 10.1. The first-order valence-corrected chi connectivity index (χ1v) is 5.31. The fourth-order valence-corrected chi connectivity index (χ4v) is 1.21. The van der Waals surface area contributed by atoms with Gasteiger partial charge in [-0.05, 0) is 17.9 Å². The van der Waals surface area contributed by atoms with Crippen molar-refractivity contribution in [1.29, 1.82) is 0 Å². The largest absolute Gasteiger partial charge is 0.297 e. The summed E-state index contributed by atoms with van der Waals surface area (Å²) in [6.07, 6.45) is 4.17. The lowest BCUT2D eigenvalue weighted by molar-refractivity contribution is 0.597. The van der Waals surface area contributed by atoms with Crippen LogP contribution in [0.2, 0.25) is 0 Å². The zero-order valence-electron chi connectivity index (χ0n) is 9.11. The molecule has 76 valence electrons. The SMILES string of the molecule is CC(C)CCN=CCc1ccccc1. The maximum atomic E-state index is 4.38. The van der Waals surface area contributed by atoms with Crippen LogP contribution in [0.3, 0.4) is 0 Å². The minimum Gasteiger partial charge on any atom is -0.297 e. The Bertz CT molecular complexity index is 262. The van der Waals surface area contributed by atoms with Gasteiger partial charge in [0.05, 0.1) is 0 Å². The molecule has 0 saturated carbocycles. The Balaban J connectivity index is 2.21. The smallest absolute Gasteiger partial charge is 0.0387 e. The monoisotopic (exact) mass is 189 g/mol. The highest BCUT2D eigenvalue weighted by Crippen LogP contribution is 2.00. The van der Waals surface area contributed by atoms with Gasteiger partial charge in [0.15, 0.2) is 0 Å². The fraction of sp³-hybridized carbons (Fsp3) is 0.462. The van der Waals surface area contributed by atoms with Crippen molar-refractivity contribution in [3.63, 3.8) is 0 Å². The van der Waals surface area contributed by atoms with Crippen LogP contribution in [0.25, 0.3) is 0 Å². The summed E-state index contributed by atoms with van der Waals surface area (Å²) in [7, 11) is 0. The van der Waals surface area contributed by atoms with Gasteiger partial charge in [-0.25, -0.2) is 0 Å². The van der Waals surface area contributed by atoms with Gasteiger partial charge < -0.3 is 0 Å². The molecule has 0 fully saturated rings. The molecule has 1 aromatic rings. The molecule has 0 aliphatic rings. The maximum absolute atomic E-state index is 4.38. The molecule has 14 heavy (non-hydrogen) atoms. The third-order valence-corrected chi connectivity index (χ3v) is 2.13. The molecule has 0 radical (unpaired) electrons. The van der Waals surface area contributed by atoms with E-state index in [2.05, 4.69) is 43.1 Å². The third-order valence-electron chi connectivity index (χ3n) is 2.13. The number of hydrogen-bond acceptors (Lipinski definition) is 1. The summed E-state index contributed by atoms with van der Waals surface area (Å²) in [5.41, 5.74) is 1.33. The molecule has 0 atom stereocenters. The standard InChI is InChI=1S/C13H19N/c1-12(2)8-10-14-11-9-13-6-4-3-5-7-13/h3-7,11-12H,8-10H2,1-2H3. The van der Waals surface area contributed by atoms with Gasteiger partial charge in [0, 0.05) is 19.2 Å². The molecule has 0 aliphatic heterocycles. The van der Waals surface area contributed by atoms with E-state index in [4.69, 9.17) is 0 Å². The first-order valence-electron chi connectivity index (χ1n) is 5.31. The summed E-state index contributed by atoms with van der Waals surface area (Å²) in [6.45, 7) is 5.42. The van der Waals surface area contributed by atoms with Crippen LogP contribution in [0.4, 0.5) is 0 Å². The maximum Gasteiger partial charge on any atom is 0.0387 e.